The number of amides is 1. The summed E-state index contributed by atoms with van der Waals surface area (Å²) in [5, 5.41) is 10.5. The SMILES string of the molecule is C=C(C)c1ccc(CCC(=O)NCCOCCOCCOCCNCc2ccc3cc(CCc4ccccc4)oc3c2)nc1NC. The molecule has 0 radical (unpaired) electrons. The third kappa shape index (κ3) is 12.1. The van der Waals surface area contributed by atoms with Gasteiger partial charge in [0.25, 0.3) is 0 Å². The molecule has 0 bridgehead atoms. The summed E-state index contributed by atoms with van der Waals surface area (Å²) in [6.45, 7) is 10.9. The molecule has 1 amide bonds. The standard InChI is InChI=1S/C37H48N4O5/c1-28(2)34-15-12-32(41-37(34)38-3)13-16-36(42)40-18-20-44-22-24-45-23-21-43-19-17-39-27-30-9-11-31-26-33(46-35(31)25-30)14-10-29-7-5-4-6-8-29/h4-9,11-12,15,25-26,39H,1,10,13-14,16-24,27H2,2-3H3,(H,38,41)(H,40,42). The van der Waals surface area contributed by atoms with Crippen LogP contribution < -0.4 is 16.0 Å². The molecule has 46 heavy (non-hydrogen) atoms. The Morgan fingerprint density at radius 1 is 0.826 bits per heavy atom. The lowest BCUT2D eigenvalue weighted by atomic mass is 10.1. The third-order valence-electron chi connectivity index (χ3n) is 7.46. The van der Waals surface area contributed by atoms with Crippen molar-refractivity contribution >= 4 is 28.3 Å². The lowest BCUT2D eigenvalue weighted by Crippen LogP contribution is -2.28. The van der Waals surface area contributed by atoms with Crippen LogP contribution in [0.15, 0.2) is 77.7 Å². The summed E-state index contributed by atoms with van der Waals surface area (Å²) in [6.07, 6.45) is 2.81. The maximum atomic E-state index is 12.2. The first-order valence-corrected chi connectivity index (χ1v) is 16.1. The average Bonchev–Trinajstić information content (AvgIpc) is 3.49. The van der Waals surface area contributed by atoms with Crippen LogP contribution in [0.1, 0.15) is 41.5 Å². The van der Waals surface area contributed by atoms with Crippen LogP contribution in [-0.2, 0) is 44.8 Å². The van der Waals surface area contributed by atoms with Crippen LogP contribution in [-0.4, -0.2) is 70.7 Å². The molecule has 0 unspecified atom stereocenters. The maximum Gasteiger partial charge on any atom is 0.220 e. The first kappa shape index (κ1) is 34.8. The van der Waals surface area contributed by atoms with E-state index in [1.807, 2.05) is 32.2 Å². The molecule has 0 aliphatic heterocycles. The number of anilines is 1. The summed E-state index contributed by atoms with van der Waals surface area (Å²) >= 11 is 0. The minimum absolute atomic E-state index is 0.0226. The number of carbonyl (C=O) groups is 1. The topological polar surface area (TPSA) is 107 Å². The molecular weight excluding hydrogens is 580 g/mol. The molecule has 2 aromatic heterocycles. The molecule has 3 N–H and O–H groups in total. The van der Waals surface area contributed by atoms with E-state index < -0.39 is 0 Å². The molecule has 0 spiro atoms. The van der Waals surface area contributed by atoms with Crippen LogP contribution in [0.2, 0.25) is 0 Å². The van der Waals surface area contributed by atoms with E-state index in [2.05, 4.69) is 76.0 Å². The molecule has 246 valence electrons. The number of furan rings is 1. The number of hydrogen-bond acceptors (Lipinski definition) is 8. The zero-order valence-corrected chi connectivity index (χ0v) is 27.2. The van der Waals surface area contributed by atoms with Crippen molar-refractivity contribution in [3.05, 3.63) is 101 Å². The molecule has 2 aromatic carbocycles. The fourth-order valence-electron chi connectivity index (χ4n) is 4.96. The Morgan fingerprint density at radius 2 is 1.57 bits per heavy atom. The van der Waals surface area contributed by atoms with Crippen LogP contribution >= 0.6 is 0 Å². The number of benzene rings is 2. The Balaban J connectivity index is 0.948. The van der Waals surface area contributed by atoms with Crippen molar-refractivity contribution in [1.82, 2.24) is 15.6 Å². The Labute approximate surface area is 272 Å². The molecule has 0 atom stereocenters. The molecule has 4 aromatic rings. The second-order valence-electron chi connectivity index (χ2n) is 11.2. The van der Waals surface area contributed by atoms with Gasteiger partial charge in [0.1, 0.15) is 17.2 Å². The fraction of sp³-hybridized carbons (Fsp3) is 0.405. The van der Waals surface area contributed by atoms with Crippen molar-refractivity contribution in [2.45, 2.75) is 39.2 Å². The average molecular weight is 629 g/mol. The smallest absolute Gasteiger partial charge is 0.220 e. The summed E-state index contributed by atoms with van der Waals surface area (Å²) in [6, 6.07) is 22.9. The number of ether oxygens (including phenoxy) is 3. The maximum absolute atomic E-state index is 12.2. The van der Waals surface area contributed by atoms with Crippen LogP contribution in [0.4, 0.5) is 5.82 Å². The largest absolute Gasteiger partial charge is 0.461 e. The Bertz CT molecular complexity index is 1500. The molecule has 0 aliphatic rings. The molecule has 2 heterocycles. The number of aromatic nitrogens is 1. The Morgan fingerprint density at radius 3 is 2.30 bits per heavy atom. The number of allylic oxidation sites excluding steroid dienone is 1. The zero-order valence-electron chi connectivity index (χ0n) is 27.2. The van der Waals surface area contributed by atoms with Crippen LogP contribution in [0, 0.1) is 0 Å². The molecule has 0 saturated heterocycles. The molecular formula is C37H48N4O5. The first-order chi connectivity index (χ1) is 22.5. The Kier molecular flexibility index (Phi) is 14.8. The third-order valence-corrected chi connectivity index (χ3v) is 7.46. The van der Waals surface area contributed by atoms with E-state index in [0.717, 1.165) is 65.3 Å². The normalized spacial score (nSPS) is 11.2. The van der Waals surface area contributed by atoms with Crippen molar-refractivity contribution in [2.24, 2.45) is 0 Å². The fourth-order valence-corrected chi connectivity index (χ4v) is 4.96. The number of carbonyl (C=O) groups excluding carboxylic acids is 1. The van der Waals surface area contributed by atoms with Gasteiger partial charge in [0.15, 0.2) is 0 Å². The lowest BCUT2D eigenvalue weighted by Gasteiger charge is -2.10. The van der Waals surface area contributed by atoms with Crippen molar-refractivity contribution in [3.8, 4) is 0 Å². The highest BCUT2D eigenvalue weighted by atomic mass is 16.5. The van der Waals surface area contributed by atoms with Crippen LogP contribution in [0.3, 0.4) is 0 Å². The zero-order chi connectivity index (χ0) is 32.4. The van der Waals surface area contributed by atoms with Crippen molar-refractivity contribution in [1.29, 1.82) is 0 Å². The number of hydrogen-bond donors (Lipinski definition) is 3. The molecule has 9 heteroatoms. The van der Waals surface area contributed by atoms with Gasteiger partial charge >= 0.3 is 0 Å². The van der Waals surface area contributed by atoms with Crippen LogP contribution in [0.5, 0.6) is 0 Å². The van der Waals surface area contributed by atoms with E-state index in [1.54, 1.807) is 0 Å². The van der Waals surface area contributed by atoms with Crippen molar-refractivity contribution in [3.63, 3.8) is 0 Å². The lowest BCUT2D eigenvalue weighted by molar-refractivity contribution is -0.121. The predicted octanol–water partition coefficient (Wildman–Crippen LogP) is 5.58. The van der Waals surface area contributed by atoms with Crippen molar-refractivity contribution < 1.29 is 23.4 Å². The summed E-state index contributed by atoms with van der Waals surface area (Å²) < 4.78 is 22.9. The number of nitrogens with one attached hydrogen (secondary N) is 3. The predicted molar refractivity (Wildman–Crippen MR) is 184 cm³/mol. The summed E-state index contributed by atoms with van der Waals surface area (Å²) in [5.41, 5.74) is 6.24. The van der Waals surface area contributed by atoms with E-state index >= 15 is 0 Å². The molecule has 9 nitrogen and oxygen atoms in total. The minimum atomic E-state index is -0.0226. The van der Waals surface area contributed by atoms with Gasteiger partial charge in [-0.05, 0) is 60.7 Å². The number of aryl methyl sites for hydroxylation is 3. The van der Waals surface area contributed by atoms with Gasteiger partial charge in [0.2, 0.25) is 5.91 Å². The van der Waals surface area contributed by atoms with E-state index in [0.29, 0.717) is 59.0 Å². The van der Waals surface area contributed by atoms with Gasteiger partial charge in [-0.25, -0.2) is 4.98 Å². The molecule has 0 saturated carbocycles. The van der Waals surface area contributed by atoms with Gasteiger partial charge < -0.3 is 34.6 Å². The Hall–Kier alpha value is -4.02. The number of pyridine rings is 1. The van der Waals surface area contributed by atoms with E-state index in [9.17, 15) is 4.79 Å². The quantitative estimate of drug-likeness (QED) is 0.0970. The molecule has 0 fully saturated rings. The van der Waals surface area contributed by atoms with E-state index in [-0.39, 0.29) is 5.91 Å². The second-order valence-corrected chi connectivity index (χ2v) is 11.2. The highest BCUT2D eigenvalue weighted by molar-refractivity contribution is 5.78. The van der Waals surface area contributed by atoms with E-state index in [4.69, 9.17) is 18.6 Å². The van der Waals surface area contributed by atoms with Gasteiger partial charge in [0.05, 0.1) is 39.6 Å². The van der Waals surface area contributed by atoms with Gasteiger partial charge in [-0.15, -0.1) is 0 Å². The second kappa shape index (κ2) is 19.5. The highest BCUT2D eigenvalue weighted by Crippen LogP contribution is 2.23. The number of nitrogens with zero attached hydrogens (tertiary/aromatic N) is 1. The number of rotatable bonds is 22. The van der Waals surface area contributed by atoms with Gasteiger partial charge in [-0.2, -0.15) is 0 Å². The molecule has 4 rings (SSSR count). The summed E-state index contributed by atoms with van der Waals surface area (Å²) in [4.78, 5) is 16.7. The first-order valence-electron chi connectivity index (χ1n) is 16.1. The summed E-state index contributed by atoms with van der Waals surface area (Å²) in [7, 11) is 1.83. The monoisotopic (exact) mass is 628 g/mol. The van der Waals surface area contributed by atoms with Crippen molar-refractivity contribution in [2.75, 3.05) is 65.1 Å². The van der Waals surface area contributed by atoms with Gasteiger partial charge in [0, 0.05) is 56.2 Å². The number of fused-ring (bicyclic) bond motifs is 1. The van der Waals surface area contributed by atoms with Gasteiger partial charge in [-0.3, -0.25) is 4.79 Å². The van der Waals surface area contributed by atoms with Crippen LogP contribution in [0.25, 0.3) is 16.5 Å². The highest BCUT2D eigenvalue weighted by Gasteiger charge is 2.08. The van der Waals surface area contributed by atoms with E-state index in [1.165, 1.54) is 11.1 Å². The van der Waals surface area contributed by atoms with Gasteiger partial charge in [-0.1, -0.05) is 49.0 Å². The minimum Gasteiger partial charge on any atom is -0.461 e. The summed E-state index contributed by atoms with van der Waals surface area (Å²) in [5.74, 6) is 1.78. The molecule has 0 aliphatic carbocycles.